The number of imidazole rings is 1. The summed E-state index contributed by atoms with van der Waals surface area (Å²) in [4.78, 5) is 31.2. The Balaban J connectivity index is 1.55. The Labute approximate surface area is 184 Å². The number of carbonyl (C=O) groups is 2. The number of nitrogens with one attached hydrogen (secondary N) is 2. The highest BCUT2D eigenvalue weighted by atomic mass is 32.1. The first-order valence-corrected chi connectivity index (χ1v) is 11.0. The molecule has 4 aromatic rings. The molecule has 0 spiro atoms. The van der Waals surface area contributed by atoms with Crippen molar-refractivity contribution in [2.45, 2.75) is 33.0 Å². The minimum absolute atomic E-state index is 0.102. The number of aromatic nitrogens is 2. The number of benzene rings is 2. The maximum atomic E-state index is 12.7. The molecular weight excluding hydrogens is 408 g/mol. The average Bonchev–Trinajstić information content (AvgIpc) is 3.40. The van der Waals surface area contributed by atoms with Gasteiger partial charge < -0.3 is 15.2 Å². The summed E-state index contributed by atoms with van der Waals surface area (Å²) in [6, 6.07) is 18.7. The predicted octanol–water partition coefficient (Wildman–Crippen LogP) is 4.21. The van der Waals surface area contributed by atoms with Gasteiger partial charge in [0.05, 0.1) is 23.6 Å². The van der Waals surface area contributed by atoms with Crippen molar-refractivity contribution < 1.29 is 9.59 Å². The van der Waals surface area contributed by atoms with E-state index in [2.05, 4.69) is 10.6 Å². The third-order valence-electron chi connectivity index (χ3n) is 5.04. The van der Waals surface area contributed by atoms with Gasteiger partial charge in [-0.3, -0.25) is 9.59 Å². The second-order valence-corrected chi connectivity index (χ2v) is 8.50. The molecule has 0 saturated heterocycles. The van der Waals surface area contributed by atoms with Gasteiger partial charge in [-0.15, -0.1) is 11.3 Å². The van der Waals surface area contributed by atoms with Gasteiger partial charge in [0.2, 0.25) is 5.91 Å². The van der Waals surface area contributed by atoms with Crippen LogP contribution in [0.3, 0.4) is 0 Å². The fraction of sp³-hybridized carbons (Fsp3) is 0.208. The lowest BCUT2D eigenvalue weighted by molar-refractivity contribution is -0.121. The molecule has 1 unspecified atom stereocenters. The summed E-state index contributed by atoms with van der Waals surface area (Å²) in [5, 5.41) is 7.97. The van der Waals surface area contributed by atoms with Crippen LogP contribution in [0.15, 0.2) is 66.0 Å². The summed E-state index contributed by atoms with van der Waals surface area (Å²) >= 11 is 1.61. The zero-order chi connectivity index (χ0) is 21.8. The summed E-state index contributed by atoms with van der Waals surface area (Å²) in [5.41, 5.74) is 3.28. The van der Waals surface area contributed by atoms with Crippen LogP contribution in [0.5, 0.6) is 0 Å². The van der Waals surface area contributed by atoms with Crippen LogP contribution >= 0.6 is 11.3 Å². The molecule has 0 aliphatic heterocycles. The van der Waals surface area contributed by atoms with E-state index in [-0.39, 0.29) is 24.4 Å². The van der Waals surface area contributed by atoms with Gasteiger partial charge in [0, 0.05) is 10.4 Å². The molecule has 7 heteroatoms. The second kappa shape index (κ2) is 9.14. The van der Waals surface area contributed by atoms with Crippen LogP contribution in [0.4, 0.5) is 0 Å². The molecule has 158 valence electrons. The highest BCUT2D eigenvalue weighted by Gasteiger charge is 2.20. The minimum Gasteiger partial charge on any atom is -0.350 e. The molecule has 6 nitrogen and oxygen atoms in total. The number of nitrogens with zero attached hydrogens (tertiary/aromatic N) is 2. The first kappa shape index (κ1) is 20.8. The largest absolute Gasteiger partial charge is 0.350 e. The van der Waals surface area contributed by atoms with Crippen molar-refractivity contribution in [2.75, 3.05) is 0 Å². The number of aryl methyl sites for hydroxylation is 1. The number of hydrogen-bond donors (Lipinski definition) is 2. The second-order valence-electron chi connectivity index (χ2n) is 7.47. The van der Waals surface area contributed by atoms with Crippen LogP contribution in [0.25, 0.3) is 11.0 Å². The van der Waals surface area contributed by atoms with Crippen LogP contribution in [0, 0.1) is 6.92 Å². The molecule has 2 aromatic heterocycles. The summed E-state index contributed by atoms with van der Waals surface area (Å²) in [6.07, 6.45) is 0. The molecule has 0 saturated carbocycles. The van der Waals surface area contributed by atoms with E-state index >= 15 is 0 Å². The van der Waals surface area contributed by atoms with Crippen molar-refractivity contribution in [3.63, 3.8) is 0 Å². The molecule has 1 atom stereocenters. The number of carbonyl (C=O) groups excluding carboxylic acids is 2. The van der Waals surface area contributed by atoms with E-state index in [1.165, 1.54) is 0 Å². The van der Waals surface area contributed by atoms with Gasteiger partial charge in [0.1, 0.15) is 12.4 Å². The zero-order valence-corrected chi connectivity index (χ0v) is 18.3. The van der Waals surface area contributed by atoms with Gasteiger partial charge in [0.15, 0.2) is 0 Å². The Kier molecular flexibility index (Phi) is 6.13. The van der Waals surface area contributed by atoms with Crippen molar-refractivity contribution >= 4 is 34.2 Å². The smallest absolute Gasteiger partial charge is 0.251 e. The monoisotopic (exact) mass is 432 g/mol. The molecule has 0 bridgehead atoms. The Morgan fingerprint density at radius 3 is 2.71 bits per heavy atom. The maximum Gasteiger partial charge on any atom is 0.251 e. The van der Waals surface area contributed by atoms with Crippen LogP contribution < -0.4 is 10.6 Å². The van der Waals surface area contributed by atoms with Crippen molar-refractivity contribution in [2.24, 2.45) is 0 Å². The topological polar surface area (TPSA) is 76.0 Å². The highest BCUT2D eigenvalue weighted by molar-refractivity contribution is 7.09. The van der Waals surface area contributed by atoms with Gasteiger partial charge in [-0.1, -0.05) is 35.9 Å². The Morgan fingerprint density at radius 2 is 1.94 bits per heavy atom. The normalized spacial score (nSPS) is 11.9. The molecule has 2 aromatic carbocycles. The summed E-state index contributed by atoms with van der Waals surface area (Å²) < 4.78 is 1.88. The number of hydrogen-bond acceptors (Lipinski definition) is 4. The van der Waals surface area contributed by atoms with E-state index in [1.807, 2.05) is 78.4 Å². The minimum atomic E-state index is -0.370. The van der Waals surface area contributed by atoms with Gasteiger partial charge in [-0.05, 0) is 49.6 Å². The van der Waals surface area contributed by atoms with Gasteiger partial charge in [-0.25, -0.2) is 4.98 Å². The van der Waals surface area contributed by atoms with E-state index in [0.29, 0.717) is 17.9 Å². The van der Waals surface area contributed by atoms with E-state index < -0.39 is 0 Å². The lowest BCUT2D eigenvalue weighted by Gasteiger charge is -2.16. The van der Waals surface area contributed by atoms with Crippen molar-refractivity contribution in [1.29, 1.82) is 0 Å². The highest BCUT2D eigenvalue weighted by Crippen LogP contribution is 2.21. The Morgan fingerprint density at radius 1 is 1.10 bits per heavy atom. The van der Waals surface area contributed by atoms with Gasteiger partial charge in [0.25, 0.3) is 5.91 Å². The molecule has 0 aliphatic rings. The molecule has 4 rings (SSSR count). The van der Waals surface area contributed by atoms with Gasteiger partial charge in [-0.2, -0.15) is 0 Å². The summed E-state index contributed by atoms with van der Waals surface area (Å²) in [5.74, 6) is 0.375. The van der Waals surface area contributed by atoms with Crippen molar-refractivity contribution in [3.05, 3.63) is 87.9 Å². The Bertz CT molecular complexity index is 1210. The molecule has 0 aliphatic carbocycles. The lowest BCUT2D eigenvalue weighted by Crippen LogP contribution is -2.31. The molecule has 2 N–H and O–H groups in total. The number of thiophene rings is 1. The summed E-state index contributed by atoms with van der Waals surface area (Å²) in [6.45, 7) is 4.47. The molecular formula is C24H24N4O2S. The molecule has 31 heavy (non-hydrogen) atoms. The molecule has 2 heterocycles. The van der Waals surface area contributed by atoms with E-state index in [9.17, 15) is 9.59 Å². The third-order valence-corrected chi connectivity index (χ3v) is 5.92. The van der Waals surface area contributed by atoms with E-state index in [1.54, 1.807) is 17.4 Å². The number of amides is 2. The fourth-order valence-corrected chi connectivity index (χ4v) is 4.16. The maximum absolute atomic E-state index is 12.7. The molecule has 0 radical (unpaired) electrons. The van der Waals surface area contributed by atoms with E-state index in [0.717, 1.165) is 21.5 Å². The summed E-state index contributed by atoms with van der Waals surface area (Å²) in [7, 11) is 0. The van der Waals surface area contributed by atoms with Crippen molar-refractivity contribution in [1.82, 2.24) is 20.2 Å². The average molecular weight is 433 g/mol. The fourth-order valence-electron chi connectivity index (χ4n) is 3.52. The zero-order valence-electron chi connectivity index (χ0n) is 17.5. The SMILES string of the molecule is Cc1cccc(C(=O)NC(C)c2nc3ccccc3n2CC(=O)NCc2cccs2)c1. The molecule has 0 fully saturated rings. The Hall–Kier alpha value is -3.45. The first-order valence-electron chi connectivity index (χ1n) is 10.1. The molecule has 2 amide bonds. The number of para-hydroxylation sites is 2. The van der Waals surface area contributed by atoms with Crippen LogP contribution in [-0.2, 0) is 17.9 Å². The van der Waals surface area contributed by atoms with Gasteiger partial charge >= 0.3 is 0 Å². The lowest BCUT2D eigenvalue weighted by atomic mass is 10.1. The number of fused-ring (bicyclic) bond motifs is 1. The standard InChI is InChI=1S/C24H24N4O2S/c1-16-7-5-8-18(13-16)24(30)26-17(2)23-27-20-10-3-4-11-21(20)28(23)15-22(29)25-14-19-9-6-12-31-19/h3-13,17H,14-15H2,1-2H3,(H,25,29)(H,26,30). The van der Waals surface area contributed by atoms with Crippen LogP contribution in [0.2, 0.25) is 0 Å². The van der Waals surface area contributed by atoms with Crippen molar-refractivity contribution in [3.8, 4) is 0 Å². The van der Waals surface area contributed by atoms with Crippen LogP contribution in [0.1, 0.15) is 39.6 Å². The predicted molar refractivity (Wildman–Crippen MR) is 123 cm³/mol. The first-order chi connectivity index (χ1) is 15.0. The van der Waals surface area contributed by atoms with E-state index in [4.69, 9.17) is 4.98 Å². The quantitative estimate of drug-likeness (QED) is 0.459. The third kappa shape index (κ3) is 4.83. The van der Waals surface area contributed by atoms with Crippen LogP contribution in [-0.4, -0.2) is 21.4 Å². The number of rotatable bonds is 7.